The third-order valence-electron chi connectivity index (χ3n) is 3.12. The third-order valence-corrected chi connectivity index (χ3v) is 4.18. The van der Waals surface area contributed by atoms with Crippen LogP contribution in [0.3, 0.4) is 0 Å². The van der Waals surface area contributed by atoms with Crippen molar-refractivity contribution in [2.45, 2.75) is 46.3 Å². The molecule has 0 amide bonds. The zero-order chi connectivity index (χ0) is 14.4. The van der Waals surface area contributed by atoms with E-state index in [1.54, 1.807) is 11.3 Å². The number of thiazole rings is 1. The van der Waals surface area contributed by atoms with Gasteiger partial charge in [-0.3, -0.25) is 0 Å². The average molecular weight is 291 g/mol. The number of nitrogens with zero attached hydrogens (tertiary/aromatic N) is 1. The standard InChI is InChI=1S/C16H21NO2S/c1-3-6-14-15(10-18)20-16(17-14)11-19-13-8-5-7-12(4-2)9-13/h5,7-9,18H,3-4,6,10-11H2,1-2H3. The van der Waals surface area contributed by atoms with E-state index in [4.69, 9.17) is 4.74 Å². The lowest BCUT2D eigenvalue weighted by Gasteiger charge is -2.05. The van der Waals surface area contributed by atoms with Crippen molar-refractivity contribution in [3.63, 3.8) is 0 Å². The van der Waals surface area contributed by atoms with Crippen LogP contribution in [-0.4, -0.2) is 10.1 Å². The van der Waals surface area contributed by atoms with E-state index in [1.807, 2.05) is 12.1 Å². The molecule has 0 saturated carbocycles. The van der Waals surface area contributed by atoms with E-state index in [0.717, 1.165) is 40.6 Å². The van der Waals surface area contributed by atoms with E-state index >= 15 is 0 Å². The molecule has 108 valence electrons. The molecule has 1 aromatic heterocycles. The molecule has 0 atom stereocenters. The van der Waals surface area contributed by atoms with Gasteiger partial charge in [-0.15, -0.1) is 11.3 Å². The largest absolute Gasteiger partial charge is 0.486 e. The fourth-order valence-corrected chi connectivity index (χ4v) is 2.94. The van der Waals surface area contributed by atoms with Gasteiger partial charge in [-0.25, -0.2) is 4.98 Å². The highest BCUT2D eigenvalue weighted by atomic mass is 32.1. The van der Waals surface area contributed by atoms with E-state index in [2.05, 4.69) is 31.0 Å². The second kappa shape index (κ2) is 7.41. The van der Waals surface area contributed by atoms with Crippen LogP contribution < -0.4 is 4.74 Å². The lowest BCUT2D eigenvalue weighted by atomic mass is 10.2. The number of rotatable bonds is 7. The Morgan fingerprint density at radius 1 is 1.30 bits per heavy atom. The highest BCUT2D eigenvalue weighted by Crippen LogP contribution is 2.22. The number of hydrogen-bond donors (Lipinski definition) is 1. The Kier molecular flexibility index (Phi) is 5.56. The van der Waals surface area contributed by atoms with Crippen LogP contribution in [0.1, 0.15) is 41.4 Å². The summed E-state index contributed by atoms with van der Waals surface area (Å²) in [6, 6.07) is 8.14. The summed E-state index contributed by atoms with van der Waals surface area (Å²) in [4.78, 5) is 5.53. The van der Waals surface area contributed by atoms with Gasteiger partial charge in [0.15, 0.2) is 0 Å². The first kappa shape index (κ1) is 15.0. The summed E-state index contributed by atoms with van der Waals surface area (Å²) in [5.74, 6) is 0.877. The predicted octanol–water partition coefficient (Wildman–Crippen LogP) is 3.73. The van der Waals surface area contributed by atoms with Crippen molar-refractivity contribution in [1.82, 2.24) is 4.98 Å². The van der Waals surface area contributed by atoms with E-state index in [9.17, 15) is 5.11 Å². The number of aliphatic hydroxyl groups is 1. The van der Waals surface area contributed by atoms with Crippen LogP contribution in [0, 0.1) is 0 Å². The summed E-state index contributed by atoms with van der Waals surface area (Å²) in [6.45, 7) is 4.78. The topological polar surface area (TPSA) is 42.4 Å². The highest BCUT2D eigenvalue weighted by Gasteiger charge is 2.10. The van der Waals surface area contributed by atoms with Gasteiger partial charge in [0.05, 0.1) is 17.2 Å². The molecule has 0 aliphatic heterocycles. The molecule has 0 radical (unpaired) electrons. The maximum atomic E-state index is 9.34. The molecule has 3 nitrogen and oxygen atoms in total. The van der Waals surface area contributed by atoms with E-state index in [0.29, 0.717) is 6.61 Å². The molecule has 1 aromatic carbocycles. The Labute approximate surface area is 124 Å². The molecule has 2 aromatic rings. The Morgan fingerprint density at radius 3 is 2.85 bits per heavy atom. The Balaban J connectivity index is 2.02. The molecule has 0 aliphatic rings. The minimum Gasteiger partial charge on any atom is -0.486 e. The zero-order valence-corrected chi connectivity index (χ0v) is 12.9. The number of ether oxygens (including phenoxy) is 1. The first-order valence-electron chi connectivity index (χ1n) is 7.06. The molecular formula is C16H21NO2S. The Bertz CT molecular complexity index is 551. The van der Waals surface area contributed by atoms with Crippen LogP contribution in [0.25, 0.3) is 0 Å². The van der Waals surface area contributed by atoms with Gasteiger partial charge in [-0.1, -0.05) is 32.4 Å². The van der Waals surface area contributed by atoms with Gasteiger partial charge in [0.1, 0.15) is 17.4 Å². The third kappa shape index (κ3) is 3.81. The summed E-state index contributed by atoms with van der Waals surface area (Å²) in [5, 5.41) is 10.3. The first-order chi connectivity index (χ1) is 9.76. The lowest BCUT2D eigenvalue weighted by Crippen LogP contribution is -1.96. The van der Waals surface area contributed by atoms with Gasteiger partial charge in [-0.05, 0) is 30.5 Å². The molecule has 0 fully saturated rings. The SMILES string of the molecule is CCCc1nc(COc2cccc(CC)c2)sc1CO. The second-order valence-electron chi connectivity index (χ2n) is 4.68. The van der Waals surface area contributed by atoms with Crippen LogP contribution in [0.15, 0.2) is 24.3 Å². The number of hydrogen-bond acceptors (Lipinski definition) is 4. The second-order valence-corrected chi connectivity index (χ2v) is 5.84. The quantitative estimate of drug-likeness (QED) is 0.845. The van der Waals surface area contributed by atoms with Crippen molar-refractivity contribution in [3.05, 3.63) is 45.4 Å². The zero-order valence-electron chi connectivity index (χ0n) is 12.1. The van der Waals surface area contributed by atoms with Gasteiger partial charge in [0.2, 0.25) is 0 Å². The molecule has 1 heterocycles. The van der Waals surface area contributed by atoms with Crippen molar-refractivity contribution < 1.29 is 9.84 Å². The van der Waals surface area contributed by atoms with Crippen molar-refractivity contribution in [1.29, 1.82) is 0 Å². The van der Waals surface area contributed by atoms with Crippen LogP contribution in [0.2, 0.25) is 0 Å². The summed E-state index contributed by atoms with van der Waals surface area (Å²) >= 11 is 1.54. The number of benzene rings is 1. The normalized spacial score (nSPS) is 10.8. The van der Waals surface area contributed by atoms with Crippen LogP contribution >= 0.6 is 11.3 Å². The number of aryl methyl sites for hydroxylation is 2. The van der Waals surface area contributed by atoms with Gasteiger partial charge in [0.25, 0.3) is 0 Å². The number of aliphatic hydroxyl groups excluding tert-OH is 1. The van der Waals surface area contributed by atoms with Crippen LogP contribution in [-0.2, 0) is 26.1 Å². The smallest absolute Gasteiger partial charge is 0.140 e. The first-order valence-corrected chi connectivity index (χ1v) is 7.88. The fourth-order valence-electron chi connectivity index (χ4n) is 2.05. The highest BCUT2D eigenvalue weighted by molar-refractivity contribution is 7.11. The molecule has 2 rings (SSSR count). The minimum atomic E-state index is 0.0678. The lowest BCUT2D eigenvalue weighted by molar-refractivity contribution is 0.284. The van der Waals surface area contributed by atoms with Crippen molar-refractivity contribution in [2.24, 2.45) is 0 Å². The average Bonchev–Trinajstić information content (AvgIpc) is 2.88. The maximum absolute atomic E-state index is 9.34. The summed E-state index contributed by atoms with van der Waals surface area (Å²) < 4.78 is 5.79. The van der Waals surface area contributed by atoms with E-state index in [1.165, 1.54) is 5.56 Å². The van der Waals surface area contributed by atoms with Crippen molar-refractivity contribution in [3.8, 4) is 5.75 Å². The van der Waals surface area contributed by atoms with Gasteiger partial charge in [-0.2, -0.15) is 0 Å². The summed E-state index contributed by atoms with van der Waals surface area (Å²) in [7, 11) is 0. The van der Waals surface area contributed by atoms with E-state index < -0.39 is 0 Å². The molecule has 20 heavy (non-hydrogen) atoms. The molecule has 1 N–H and O–H groups in total. The van der Waals surface area contributed by atoms with E-state index in [-0.39, 0.29) is 6.61 Å². The molecule has 0 aliphatic carbocycles. The van der Waals surface area contributed by atoms with Crippen molar-refractivity contribution >= 4 is 11.3 Å². The molecule has 0 bridgehead atoms. The van der Waals surface area contributed by atoms with Gasteiger partial charge >= 0.3 is 0 Å². The number of aromatic nitrogens is 1. The maximum Gasteiger partial charge on any atom is 0.140 e. The van der Waals surface area contributed by atoms with Crippen LogP contribution in [0.4, 0.5) is 0 Å². The Hall–Kier alpha value is -1.39. The molecular weight excluding hydrogens is 270 g/mol. The predicted molar refractivity (Wildman–Crippen MR) is 82.2 cm³/mol. The van der Waals surface area contributed by atoms with Crippen molar-refractivity contribution in [2.75, 3.05) is 0 Å². The van der Waals surface area contributed by atoms with Crippen LogP contribution in [0.5, 0.6) is 5.75 Å². The van der Waals surface area contributed by atoms with Gasteiger partial charge in [0, 0.05) is 0 Å². The summed E-state index contributed by atoms with van der Waals surface area (Å²) in [5.41, 5.74) is 2.28. The fraction of sp³-hybridized carbons (Fsp3) is 0.438. The molecule has 0 saturated heterocycles. The molecule has 0 unspecified atom stereocenters. The monoisotopic (exact) mass is 291 g/mol. The molecule has 0 spiro atoms. The summed E-state index contributed by atoms with van der Waals surface area (Å²) in [6.07, 6.45) is 2.96. The minimum absolute atomic E-state index is 0.0678. The molecule has 4 heteroatoms. The van der Waals surface area contributed by atoms with Gasteiger partial charge < -0.3 is 9.84 Å². The Morgan fingerprint density at radius 2 is 2.15 bits per heavy atom.